The van der Waals surface area contributed by atoms with Gasteiger partial charge in [-0.05, 0) is 54.2 Å². The molecule has 0 amide bonds. The Labute approximate surface area is 152 Å². The first-order chi connectivity index (χ1) is 12.2. The molecule has 3 rings (SSSR count). The molecule has 1 N–H and O–H groups in total. The van der Waals surface area contributed by atoms with E-state index in [4.69, 9.17) is 21.4 Å². The number of thiocarbonyl (C=S) groups is 1. The molecule has 2 aromatic heterocycles. The van der Waals surface area contributed by atoms with Crippen molar-refractivity contribution in [2.45, 2.75) is 13.1 Å². The highest BCUT2D eigenvalue weighted by atomic mass is 32.1. The molecule has 0 aliphatic heterocycles. The Bertz CT molecular complexity index is 807. The zero-order valence-electron chi connectivity index (χ0n) is 13.9. The summed E-state index contributed by atoms with van der Waals surface area (Å²) in [5.41, 5.74) is 2.00. The highest BCUT2D eigenvalue weighted by molar-refractivity contribution is 7.80. The Hall–Kier alpha value is -2.86. The van der Waals surface area contributed by atoms with Crippen molar-refractivity contribution in [1.29, 1.82) is 0 Å². The van der Waals surface area contributed by atoms with E-state index in [-0.39, 0.29) is 0 Å². The molecule has 0 saturated carbocycles. The van der Waals surface area contributed by atoms with Gasteiger partial charge in [0.05, 0.1) is 19.9 Å². The maximum Gasteiger partial charge on any atom is 0.174 e. The summed E-state index contributed by atoms with van der Waals surface area (Å²) in [4.78, 5) is 6.11. The molecule has 5 nitrogen and oxygen atoms in total. The summed E-state index contributed by atoms with van der Waals surface area (Å²) in [7, 11) is 1.64. The number of ether oxygens (including phenoxy) is 1. The van der Waals surface area contributed by atoms with Crippen molar-refractivity contribution in [3.05, 3.63) is 78.5 Å². The van der Waals surface area contributed by atoms with E-state index in [1.807, 2.05) is 53.4 Å². The third-order valence-electron chi connectivity index (χ3n) is 3.66. The molecule has 0 saturated heterocycles. The summed E-state index contributed by atoms with van der Waals surface area (Å²) in [6.45, 7) is 1.23. The number of rotatable bonds is 6. The molecule has 3 aromatic rings. The van der Waals surface area contributed by atoms with Crippen molar-refractivity contribution in [2.24, 2.45) is 0 Å². The number of nitrogens with one attached hydrogen (secondary N) is 1. The highest BCUT2D eigenvalue weighted by Gasteiger charge is 2.13. The number of aromatic nitrogens is 1. The smallest absolute Gasteiger partial charge is 0.174 e. The fraction of sp³-hybridized carbons (Fsp3) is 0.158. The van der Waals surface area contributed by atoms with Crippen molar-refractivity contribution >= 4 is 23.0 Å². The molecule has 0 aliphatic carbocycles. The van der Waals surface area contributed by atoms with Crippen LogP contribution in [-0.4, -0.2) is 22.1 Å². The maximum absolute atomic E-state index is 5.63. The van der Waals surface area contributed by atoms with Crippen molar-refractivity contribution in [1.82, 2.24) is 9.88 Å². The van der Waals surface area contributed by atoms with Gasteiger partial charge in [-0.25, -0.2) is 0 Å². The van der Waals surface area contributed by atoms with E-state index in [0.29, 0.717) is 18.2 Å². The van der Waals surface area contributed by atoms with Crippen LogP contribution < -0.4 is 10.1 Å². The Morgan fingerprint density at radius 1 is 1.16 bits per heavy atom. The largest absolute Gasteiger partial charge is 0.497 e. The average Bonchev–Trinajstić information content (AvgIpc) is 3.15. The Morgan fingerprint density at radius 3 is 2.72 bits per heavy atom. The van der Waals surface area contributed by atoms with Gasteiger partial charge in [-0.2, -0.15) is 0 Å². The number of benzene rings is 1. The van der Waals surface area contributed by atoms with Gasteiger partial charge in [0, 0.05) is 30.7 Å². The van der Waals surface area contributed by atoms with Crippen molar-refractivity contribution < 1.29 is 9.15 Å². The predicted octanol–water partition coefficient (Wildman–Crippen LogP) is 4.08. The molecule has 0 bridgehead atoms. The summed E-state index contributed by atoms with van der Waals surface area (Å²) in [6.07, 6.45) is 5.22. The van der Waals surface area contributed by atoms with Crippen LogP contribution in [0.15, 0.2) is 71.6 Å². The minimum atomic E-state index is 0.575. The molecular formula is C19H19N3O2S. The number of anilines is 1. The first-order valence-electron chi connectivity index (χ1n) is 7.86. The zero-order valence-corrected chi connectivity index (χ0v) is 14.7. The molecule has 0 spiro atoms. The van der Waals surface area contributed by atoms with E-state index in [9.17, 15) is 0 Å². The fourth-order valence-electron chi connectivity index (χ4n) is 2.40. The first kappa shape index (κ1) is 17.0. The lowest BCUT2D eigenvalue weighted by atomic mass is 10.2. The van der Waals surface area contributed by atoms with Crippen molar-refractivity contribution in [3.63, 3.8) is 0 Å². The average molecular weight is 353 g/mol. The number of hydrogen-bond donors (Lipinski definition) is 1. The third-order valence-corrected chi connectivity index (χ3v) is 4.02. The number of nitrogens with zero attached hydrogens (tertiary/aromatic N) is 2. The van der Waals surface area contributed by atoms with Gasteiger partial charge in [0.25, 0.3) is 0 Å². The third kappa shape index (κ3) is 4.81. The molecule has 1 aromatic carbocycles. The second-order valence-corrected chi connectivity index (χ2v) is 5.84. The zero-order chi connectivity index (χ0) is 17.5. The summed E-state index contributed by atoms with van der Waals surface area (Å²) < 4.78 is 10.7. The van der Waals surface area contributed by atoms with Gasteiger partial charge in [-0.15, -0.1) is 0 Å². The van der Waals surface area contributed by atoms with E-state index in [1.54, 1.807) is 25.8 Å². The first-order valence-corrected chi connectivity index (χ1v) is 8.26. The number of pyridine rings is 1. The van der Waals surface area contributed by atoms with Crippen LogP contribution in [0.1, 0.15) is 11.3 Å². The molecule has 0 radical (unpaired) electrons. The van der Waals surface area contributed by atoms with E-state index >= 15 is 0 Å². The van der Waals surface area contributed by atoms with Crippen LogP contribution in [-0.2, 0) is 13.1 Å². The Balaban J connectivity index is 1.76. The second kappa shape index (κ2) is 8.30. The van der Waals surface area contributed by atoms with Crippen LogP contribution >= 0.6 is 12.2 Å². The monoisotopic (exact) mass is 353 g/mol. The van der Waals surface area contributed by atoms with Gasteiger partial charge in [0.2, 0.25) is 0 Å². The lowest BCUT2D eigenvalue weighted by Gasteiger charge is -2.25. The molecule has 0 atom stereocenters. The van der Waals surface area contributed by atoms with E-state index in [2.05, 4.69) is 10.3 Å². The normalized spacial score (nSPS) is 10.3. The van der Waals surface area contributed by atoms with Crippen LogP contribution in [0, 0.1) is 0 Å². The number of methoxy groups -OCH3 is 1. The summed E-state index contributed by atoms with van der Waals surface area (Å²) in [5.74, 6) is 1.63. The van der Waals surface area contributed by atoms with Gasteiger partial charge < -0.3 is 19.4 Å². The van der Waals surface area contributed by atoms with E-state index in [1.165, 1.54) is 0 Å². The van der Waals surface area contributed by atoms with Crippen LogP contribution in [0.2, 0.25) is 0 Å². The van der Waals surface area contributed by atoms with Gasteiger partial charge in [-0.1, -0.05) is 6.07 Å². The Kier molecular flexibility index (Phi) is 5.64. The number of hydrogen-bond acceptors (Lipinski definition) is 4. The van der Waals surface area contributed by atoms with Crippen LogP contribution in [0.3, 0.4) is 0 Å². The fourth-order valence-corrected chi connectivity index (χ4v) is 2.65. The lowest BCUT2D eigenvalue weighted by molar-refractivity contribution is 0.360. The van der Waals surface area contributed by atoms with Crippen LogP contribution in [0.5, 0.6) is 5.75 Å². The van der Waals surface area contributed by atoms with Crippen molar-refractivity contribution in [2.75, 3.05) is 12.4 Å². The van der Waals surface area contributed by atoms with E-state index in [0.717, 1.165) is 22.8 Å². The molecule has 128 valence electrons. The predicted molar refractivity (Wildman–Crippen MR) is 101 cm³/mol. The minimum Gasteiger partial charge on any atom is -0.497 e. The minimum absolute atomic E-state index is 0.575. The molecule has 0 unspecified atom stereocenters. The molecule has 25 heavy (non-hydrogen) atoms. The van der Waals surface area contributed by atoms with Gasteiger partial charge in [0.1, 0.15) is 11.5 Å². The summed E-state index contributed by atoms with van der Waals surface area (Å²) >= 11 is 5.63. The topological polar surface area (TPSA) is 50.5 Å². The van der Waals surface area contributed by atoms with Gasteiger partial charge >= 0.3 is 0 Å². The summed E-state index contributed by atoms with van der Waals surface area (Å²) in [5, 5.41) is 3.88. The Morgan fingerprint density at radius 2 is 2.00 bits per heavy atom. The SMILES string of the molecule is COc1cccc(NC(=S)N(Cc2ccncc2)Cc2ccco2)c1. The number of furan rings is 1. The van der Waals surface area contributed by atoms with Gasteiger partial charge in [-0.3, -0.25) is 4.98 Å². The second-order valence-electron chi connectivity index (χ2n) is 5.45. The maximum atomic E-state index is 5.63. The van der Waals surface area contributed by atoms with E-state index < -0.39 is 0 Å². The molecule has 2 heterocycles. The lowest BCUT2D eigenvalue weighted by Crippen LogP contribution is -2.33. The van der Waals surface area contributed by atoms with Crippen LogP contribution in [0.25, 0.3) is 0 Å². The van der Waals surface area contributed by atoms with Crippen LogP contribution in [0.4, 0.5) is 5.69 Å². The summed E-state index contributed by atoms with van der Waals surface area (Å²) in [6, 6.07) is 15.4. The molecule has 6 heteroatoms. The quantitative estimate of drug-likeness (QED) is 0.674. The molecular weight excluding hydrogens is 334 g/mol. The van der Waals surface area contributed by atoms with Crippen molar-refractivity contribution in [3.8, 4) is 5.75 Å². The van der Waals surface area contributed by atoms with Gasteiger partial charge in [0.15, 0.2) is 5.11 Å². The highest BCUT2D eigenvalue weighted by Crippen LogP contribution is 2.18. The molecule has 0 aliphatic rings. The standard InChI is InChI=1S/C19H19N3O2S/c1-23-17-5-2-4-16(12-17)21-19(25)22(14-18-6-3-11-24-18)13-15-7-9-20-10-8-15/h2-12H,13-14H2,1H3,(H,21,25). The molecule has 0 fully saturated rings.